The van der Waals surface area contributed by atoms with E-state index < -0.39 is 35.3 Å². The number of benzene rings is 1. The van der Waals surface area contributed by atoms with Crippen LogP contribution in [0.4, 0.5) is 27.6 Å². The first-order chi connectivity index (χ1) is 10.1. The second kappa shape index (κ2) is 5.54. The Balaban J connectivity index is 2.20. The van der Waals surface area contributed by atoms with Crippen LogP contribution in [0.15, 0.2) is 12.1 Å². The normalized spacial score (nSPS) is 16.3. The van der Waals surface area contributed by atoms with Crippen LogP contribution in [0.1, 0.15) is 17.3 Å². The zero-order valence-corrected chi connectivity index (χ0v) is 11.3. The van der Waals surface area contributed by atoms with Crippen molar-refractivity contribution in [2.45, 2.75) is 19.1 Å². The van der Waals surface area contributed by atoms with Gasteiger partial charge in [-0.1, -0.05) is 0 Å². The number of hydrogen-bond acceptors (Lipinski definition) is 3. The Morgan fingerprint density at radius 3 is 2.32 bits per heavy atom. The lowest BCUT2D eigenvalue weighted by atomic mass is 10.1. The highest BCUT2D eigenvalue weighted by Gasteiger charge is 2.37. The average Bonchev–Trinajstić information content (AvgIpc) is 2.36. The smallest absolute Gasteiger partial charge is 0.354 e. The molecule has 0 radical (unpaired) electrons. The van der Waals surface area contributed by atoms with Crippen LogP contribution in [0.2, 0.25) is 0 Å². The Labute approximate surface area is 121 Å². The van der Waals surface area contributed by atoms with E-state index in [1.807, 2.05) is 0 Å². The Bertz CT molecular complexity index is 622. The van der Waals surface area contributed by atoms with E-state index in [4.69, 9.17) is 0 Å². The molecule has 4 nitrogen and oxygen atoms in total. The maximum Gasteiger partial charge on any atom is 0.408 e. The summed E-state index contributed by atoms with van der Waals surface area (Å²) in [6.07, 6.45) is -4.69. The second-order valence-corrected chi connectivity index (χ2v) is 4.91. The SMILES string of the molecule is CC(NC(=O)c1cc(F)c(N2CC(=O)C2)cc1F)C(F)(F)F. The Morgan fingerprint density at radius 1 is 1.23 bits per heavy atom. The molecule has 1 saturated heterocycles. The number of halogens is 5. The predicted octanol–water partition coefficient (Wildman–Crippen LogP) is 2.03. The number of amides is 1. The minimum Gasteiger partial charge on any atom is -0.354 e. The van der Waals surface area contributed by atoms with Gasteiger partial charge in [0.05, 0.1) is 24.3 Å². The molecule has 1 amide bonds. The van der Waals surface area contributed by atoms with Crippen molar-refractivity contribution in [1.82, 2.24) is 5.32 Å². The van der Waals surface area contributed by atoms with E-state index in [1.165, 1.54) is 4.90 Å². The van der Waals surface area contributed by atoms with Gasteiger partial charge in [-0.25, -0.2) is 8.78 Å². The maximum atomic E-state index is 13.8. The van der Waals surface area contributed by atoms with Gasteiger partial charge in [0.2, 0.25) is 0 Å². The van der Waals surface area contributed by atoms with Gasteiger partial charge < -0.3 is 10.2 Å². The zero-order valence-electron chi connectivity index (χ0n) is 11.3. The molecular formula is C13H11F5N2O2. The number of Topliss-reactive ketones (excluding diaryl/α,β-unsaturated/α-hetero) is 1. The molecule has 1 N–H and O–H groups in total. The number of carbonyl (C=O) groups excluding carboxylic acids is 2. The number of nitrogens with one attached hydrogen (secondary N) is 1. The average molecular weight is 322 g/mol. The quantitative estimate of drug-likeness (QED) is 0.867. The summed E-state index contributed by atoms with van der Waals surface area (Å²) < 4.78 is 64.7. The van der Waals surface area contributed by atoms with Crippen molar-refractivity contribution < 1.29 is 31.5 Å². The van der Waals surface area contributed by atoms with E-state index in [1.54, 1.807) is 5.32 Å². The molecule has 1 unspecified atom stereocenters. The van der Waals surface area contributed by atoms with Crippen LogP contribution in [0, 0.1) is 11.6 Å². The van der Waals surface area contributed by atoms with Crippen molar-refractivity contribution in [1.29, 1.82) is 0 Å². The number of nitrogens with zero attached hydrogens (tertiary/aromatic N) is 1. The molecule has 120 valence electrons. The first-order valence-electron chi connectivity index (χ1n) is 6.23. The molecule has 2 rings (SSSR count). The van der Waals surface area contributed by atoms with Gasteiger partial charge in [0.1, 0.15) is 17.7 Å². The summed E-state index contributed by atoms with van der Waals surface area (Å²) in [6.45, 7) is 0.534. The van der Waals surface area contributed by atoms with E-state index in [9.17, 15) is 31.5 Å². The van der Waals surface area contributed by atoms with Gasteiger partial charge in [-0.05, 0) is 13.0 Å². The van der Waals surface area contributed by atoms with Crippen LogP contribution in [0.3, 0.4) is 0 Å². The topological polar surface area (TPSA) is 49.4 Å². The number of carbonyl (C=O) groups is 2. The van der Waals surface area contributed by atoms with E-state index in [0.29, 0.717) is 19.1 Å². The summed E-state index contributed by atoms with van der Waals surface area (Å²) in [4.78, 5) is 23.7. The second-order valence-electron chi connectivity index (χ2n) is 4.91. The van der Waals surface area contributed by atoms with Gasteiger partial charge in [-0.2, -0.15) is 13.2 Å². The molecule has 0 spiro atoms. The highest BCUT2D eigenvalue weighted by atomic mass is 19.4. The lowest BCUT2D eigenvalue weighted by molar-refractivity contribution is -0.149. The molecule has 1 atom stereocenters. The third-order valence-corrected chi connectivity index (χ3v) is 3.19. The van der Waals surface area contributed by atoms with Crippen LogP contribution < -0.4 is 10.2 Å². The fourth-order valence-corrected chi connectivity index (χ4v) is 1.86. The fraction of sp³-hybridized carbons (Fsp3) is 0.385. The van der Waals surface area contributed by atoms with Gasteiger partial charge >= 0.3 is 6.18 Å². The number of hydrogen-bond donors (Lipinski definition) is 1. The summed E-state index contributed by atoms with van der Waals surface area (Å²) >= 11 is 0. The van der Waals surface area contributed by atoms with Gasteiger partial charge in [-0.15, -0.1) is 0 Å². The highest BCUT2D eigenvalue weighted by Crippen LogP contribution is 2.26. The summed E-state index contributed by atoms with van der Waals surface area (Å²) in [5, 5.41) is 1.55. The molecule has 9 heteroatoms. The van der Waals surface area contributed by atoms with Crippen LogP contribution in [0.5, 0.6) is 0 Å². The number of ketones is 1. The first kappa shape index (κ1) is 16.2. The van der Waals surface area contributed by atoms with E-state index >= 15 is 0 Å². The van der Waals surface area contributed by atoms with Crippen molar-refractivity contribution in [3.63, 3.8) is 0 Å². The third kappa shape index (κ3) is 3.18. The van der Waals surface area contributed by atoms with Gasteiger partial charge in [-0.3, -0.25) is 9.59 Å². The molecule has 0 saturated carbocycles. The molecule has 1 aromatic rings. The Morgan fingerprint density at radius 2 is 1.82 bits per heavy atom. The molecule has 1 aliphatic rings. The molecule has 0 bridgehead atoms. The molecule has 1 aromatic carbocycles. The lowest BCUT2D eigenvalue weighted by Gasteiger charge is -2.31. The van der Waals surface area contributed by atoms with Crippen LogP contribution in [-0.2, 0) is 4.79 Å². The van der Waals surface area contributed by atoms with Crippen molar-refractivity contribution >= 4 is 17.4 Å². The molecule has 1 heterocycles. The number of anilines is 1. The molecule has 1 aliphatic heterocycles. The van der Waals surface area contributed by atoms with E-state index in [0.717, 1.165) is 0 Å². The molecule has 0 aliphatic carbocycles. The largest absolute Gasteiger partial charge is 0.408 e. The third-order valence-electron chi connectivity index (χ3n) is 3.19. The molecule has 1 fully saturated rings. The Kier molecular flexibility index (Phi) is 4.08. The first-order valence-corrected chi connectivity index (χ1v) is 6.23. The van der Waals surface area contributed by atoms with Crippen LogP contribution in [0.25, 0.3) is 0 Å². The maximum absolute atomic E-state index is 13.8. The standard InChI is InChI=1S/C13H11F5N2O2/c1-6(13(16,17)18)19-12(22)8-2-10(15)11(3-9(8)14)20-4-7(21)5-20/h2-3,6H,4-5H2,1H3,(H,19,22). The van der Waals surface area contributed by atoms with Gasteiger partial charge in [0, 0.05) is 6.07 Å². The highest BCUT2D eigenvalue weighted by molar-refractivity contribution is 5.97. The minimum atomic E-state index is -4.69. The predicted molar refractivity (Wildman–Crippen MR) is 66.6 cm³/mol. The van der Waals surface area contributed by atoms with Crippen molar-refractivity contribution in [2.75, 3.05) is 18.0 Å². The Hall–Kier alpha value is -2.19. The number of rotatable bonds is 3. The van der Waals surface area contributed by atoms with Crippen molar-refractivity contribution in [3.05, 3.63) is 29.3 Å². The van der Waals surface area contributed by atoms with Gasteiger partial charge in [0.25, 0.3) is 5.91 Å². The van der Waals surface area contributed by atoms with Crippen LogP contribution in [-0.4, -0.2) is 37.0 Å². The zero-order chi connectivity index (χ0) is 16.7. The summed E-state index contributed by atoms with van der Waals surface area (Å²) in [5.74, 6) is -3.67. The van der Waals surface area contributed by atoms with E-state index in [-0.39, 0.29) is 24.6 Å². The van der Waals surface area contributed by atoms with Crippen molar-refractivity contribution in [2.24, 2.45) is 0 Å². The summed E-state index contributed by atoms with van der Waals surface area (Å²) in [7, 11) is 0. The lowest BCUT2D eigenvalue weighted by Crippen LogP contribution is -2.47. The molecular weight excluding hydrogens is 311 g/mol. The molecule has 0 aromatic heterocycles. The van der Waals surface area contributed by atoms with Gasteiger partial charge in [0.15, 0.2) is 5.78 Å². The van der Waals surface area contributed by atoms with E-state index in [2.05, 4.69) is 0 Å². The van der Waals surface area contributed by atoms with Crippen molar-refractivity contribution in [3.8, 4) is 0 Å². The molecule has 22 heavy (non-hydrogen) atoms. The van der Waals surface area contributed by atoms with Crippen LogP contribution >= 0.6 is 0 Å². The minimum absolute atomic E-state index is 0.0764. The summed E-state index contributed by atoms with van der Waals surface area (Å²) in [5.41, 5.74) is -1.04. The summed E-state index contributed by atoms with van der Waals surface area (Å²) in [6, 6.07) is -0.990. The fourth-order valence-electron chi connectivity index (χ4n) is 1.86. The number of alkyl halides is 3. The monoisotopic (exact) mass is 322 g/mol.